The van der Waals surface area contributed by atoms with Gasteiger partial charge in [-0.3, -0.25) is 4.79 Å². The summed E-state index contributed by atoms with van der Waals surface area (Å²) in [5.41, 5.74) is 1.82. The van der Waals surface area contributed by atoms with E-state index in [0.717, 1.165) is 30.7 Å². The van der Waals surface area contributed by atoms with Crippen molar-refractivity contribution in [2.45, 2.75) is 25.7 Å². The molecule has 0 aromatic heterocycles. The standard InChI is InChI=1S/C9H10N2O/c10-6-7-3-4-9(12)11-5-1-2-8(7)11/h1-5H2. The van der Waals surface area contributed by atoms with Crippen LogP contribution in [0, 0.1) is 11.3 Å². The molecule has 3 heteroatoms. The van der Waals surface area contributed by atoms with E-state index < -0.39 is 0 Å². The molecule has 2 rings (SSSR count). The van der Waals surface area contributed by atoms with E-state index in [1.54, 1.807) is 4.90 Å². The van der Waals surface area contributed by atoms with Crippen molar-refractivity contribution in [1.29, 1.82) is 5.26 Å². The number of nitrogens with zero attached hydrogens (tertiary/aromatic N) is 2. The summed E-state index contributed by atoms with van der Waals surface area (Å²) in [4.78, 5) is 13.1. The molecule has 1 saturated heterocycles. The molecular weight excluding hydrogens is 152 g/mol. The molecular formula is C9H10N2O. The number of nitriles is 1. The first kappa shape index (κ1) is 7.35. The van der Waals surface area contributed by atoms with Gasteiger partial charge in [0.25, 0.3) is 0 Å². The van der Waals surface area contributed by atoms with Crippen LogP contribution in [-0.2, 0) is 4.79 Å². The van der Waals surface area contributed by atoms with Crippen LogP contribution in [0.1, 0.15) is 25.7 Å². The smallest absolute Gasteiger partial charge is 0.227 e. The van der Waals surface area contributed by atoms with Gasteiger partial charge in [0, 0.05) is 24.2 Å². The Morgan fingerprint density at radius 1 is 1.33 bits per heavy atom. The van der Waals surface area contributed by atoms with E-state index in [4.69, 9.17) is 5.26 Å². The third-order valence-electron chi connectivity index (χ3n) is 2.49. The topological polar surface area (TPSA) is 44.1 Å². The summed E-state index contributed by atoms with van der Waals surface area (Å²) in [6, 6.07) is 2.18. The van der Waals surface area contributed by atoms with E-state index in [-0.39, 0.29) is 5.91 Å². The van der Waals surface area contributed by atoms with Gasteiger partial charge in [-0.2, -0.15) is 5.26 Å². The lowest BCUT2D eigenvalue weighted by Crippen LogP contribution is -2.30. The molecule has 3 nitrogen and oxygen atoms in total. The van der Waals surface area contributed by atoms with Gasteiger partial charge in [-0.25, -0.2) is 0 Å². The number of carbonyl (C=O) groups is 1. The molecule has 12 heavy (non-hydrogen) atoms. The zero-order valence-corrected chi connectivity index (χ0v) is 6.84. The van der Waals surface area contributed by atoms with Crippen molar-refractivity contribution >= 4 is 5.91 Å². The number of hydrogen-bond acceptors (Lipinski definition) is 2. The van der Waals surface area contributed by atoms with Gasteiger partial charge < -0.3 is 4.90 Å². The second kappa shape index (κ2) is 2.63. The van der Waals surface area contributed by atoms with Crippen molar-refractivity contribution in [3.05, 3.63) is 11.3 Å². The first-order chi connectivity index (χ1) is 5.83. The van der Waals surface area contributed by atoms with Crippen molar-refractivity contribution in [3.8, 4) is 6.07 Å². The van der Waals surface area contributed by atoms with Gasteiger partial charge in [0.2, 0.25) is 5.91 Å². The van der Waals surface area contributed by atoms with Gasteiger partial charge in [-0.05, 0) is 19.3 Å². The van der Waals surface area contributed by atoms with E-state index in [9.17, 15) is 4.79 Å². The van der Waals surface area contributed by atoms with Gasteiger partial charge >= 0.3 is 0 Å². The molecule has 2 aliphatic heterocycles. The highest BCUT2D eigenvalue weighted by molar-refractivity contribution is 5.80. The van der Waals surface area contributed by atoms with E-state index in [1.807, 2.05) is 0 Å². The summed E-state index contributed by atoms with van der Waals surface area (Å²) in [7, 11) is 0. The number of fused-ring (bicyclic) bond motifs is 1. The van der Waals surface area contributed by atoms with E-state index >= 15 is 0 Å². The number of amides is 1. The SMILES string of the molecule is N#CC1=C2CCCN2C(=O)CC1. The van der Waals surface area contributed by atoms with Crippen molar-refractivity contribution in [2.75, 3.05) is 6.54 Å². The maximum absolute atomic E-state index is 11.3. The first-order valence-electron chi connectivity index (χ1n) is 4.25. The molecule has 2 heterocycles. The second-order valence-corrected chi connectivity index (χ2v) is 3.19. The maximum atomic E-state index is 11.3. The fourth-order valence-corrected chi connectivity index (χ4v) is 1.90. The zero-order valence-electron chi connectivity index (χ0n) is 6.84. The molecule has 0 saturated carbocycles. The van der Waals surface area contributed by atoms with Crippen LogP contribution in [0.2, 0.25) is 0 Å². The minimum absolute atomic E-state index is 0.196. The summed E-state index contributed by atoms with van der Waals surface area (Å²) in [5, 5.41) is 8.78. The highest BCUT2D eigenvalue weighted by Crippen LogP contribution is 2.30. The summed E-state index contributed by atoms with van der Waals surface area (Å²) < 4.78 is 0. The van der Waals surface area contributed by atoms with Crippen molar-refractivity contribution in [3.63, 3.8) is 0 Å². The van der Waals surface area contributed by atoms with Crippen LogP contribution >= 0.6 is 0 Å². The van der Waals surface area contributed by atoms with Crippen LogP contribution in [-0.4, -0.2) is 17.4 Å². The number of hydrogen-bond donors (Lipinski definition) is 0. The Morgan fingerprint density at radius 2 is 2.17 bits per heavy atom. The van der Waals surface area contributed by atoms with Crippen molar-refractivity contribution < 1.29 is 4.79 Å². The van der Waals surface area contributed by atoms with Gasteiger partial charge in [0.15, 0.2) is 0 Å². The minimum atomic E-state index is 0.196. The molecule has 0 aliphatic carbocycles. The van der Waals surface area contributed by atoms with E-state index in [1.165, 1.54) is 0 Å². The van der Waals surface area contributed by atoms with Gasteiger partial charge in [-0.15, -0.1) is 0 Å². The van der Waals surface area contributed by atoms with E-state index in [2.05, 4.69) is 6.07 Å². The lowest BCUT2D eigenvalue weighted by atomic mass is 10.0. The lowest BCUT2D eigenvalue weighted by Gasteiger charge is -2.23. The molecule has 1 fully saturated rings. The number of allylic oxidation sites excluding steroid dienone is 2. The Bertz CT molecular complexity index is 298. The summed E-state index contributed by atoms with van der Waals surface area (Å²) >= 11 is 0. The summed E-state index contributed by atoms with van der Waals surface area (Å²) in [6.45, 7) is 0.819. The Morgan fingerprint density at radius 3 is 2.92 bits per heavy atom. The summed E-state index contributed by atoms with van der Waals surface area (Å²) in [6.07, 6.45) is 3.11. The molecule has 0 radical (unpaired) electrons. The van der Waals surface area contributed by atoms with Crippen LogP contribution < -0.4 is 0 Å². The second-order valence-electron chi connectivity index (χ2n) is 3.19. The quantitative estimate of drug-likeness (QED) is 0.536. The van der Waals surface area contributed by atoms with Crippen LogP contribution in [0.25, 0.3) is 0 Å². The fraction of sp³-hybridized carbons (Fsp3) is 0.556. The van der Waals surface area contributed by atoms with Crippen LogP contribution in [0.4, 0.5) is 0 Å². The molecule has 0 spiro atoms. The third-order valence-corrected chi connectivity index (χ3v) is 2.49. The first-order valence-corrected chi connectivity index (χ1v) is 4.25. The van der Waals surface area contributed by atoms with Crippen LogP contribution in [0.5, 0.6) is 0 Å². The molecule has 0 N–H and O–H groups in total. The molecule has 2 aliphatic rings. The predicted molar refractivity (Wildman–Crippen MR) is 42.8 cm³/mol. The average molecular weight is 162 g/mol. The molecule has 0 aromatic rings. The molecule has 62 valence electrons. The Kier molecular flexibility index (Phi) is 1.61. The molecule has 0 atom stereocenters. The minimum Gasteiger partial charge on any atom is -0.315 e. The largest absolute Gasteiger partial charge is 0.315 e. The fourth-order valence-electron chi connectivity index (χ4n) is 1.90. The number of carbonyl (C=O) groups excluding carboxylic acids is 1. The Hall–Kier alpha value is -1.30. The summed E-state index contributed by atoms with van der Waals surface area (Å²) in [5.74, 6) is 0.196. The maximum Gasteiger partial charge on any atom is 0.227 e. The van der Waals surface area contributed by atoms with Gasteiger partial charge in [0.05, 0.1) is 6.07 Å². The van der Waals surface area contributed by atoms with Crippen molar-refractivity contribution in [1.82, 2.24) is 4.90 Å². The molecule has 1 amide bonds. The third kappa shape index (κ3) is 0.918. The highest BCUT2D eigenvalue weighted by atomic mass is 16.2. The normalized spacial score (nSPS) is 22.6. The monoisotopic (exact) mass is 162 g/mol. The highest BCUT2D eigenvalue weighted by Gasteiger charge is 2.29. The van der Waals surface area contributed by atoms with E-state index in [0.29, 0.717) is 12.8 Å². The molecule has 0 bridgehead atoms. The van der Waals surface area contributed by atoms with Crippen LogP contribution in [0.15, 0.2) is 11.3 Å². The lowest BCUT2D eigenvalue weighted by molar-refractivity contribution is -0.129. The van der Waals surface area contributed by atoms with Gasteiger partial charge in [-0.1, -0.05) is 0 Å². The molecule has 0 aromatic carbocycles. The van der Waals surface area contributed by atoms with Crippen LogP contribution in [0.3, 0.4) is 0 Å². The zero-order chi connectivity index (χ0) is 8.55. The Labute approximate surface area is 71.3 Å². The van der Waals surface area contributed by atoms with Gasteiger partial charge in [0.1, 0.15) is 0 Å². The number of rotatable bonds is 0. The Balaban J connectivity index is 2.39. The van der Waals surface area contributed by atoms with Crippen molar-refractivity contribution in [2.24, 2.45) is 0 Å². The predicted octanol–water partition coefficient (Wildman–Crippen LogP) is 1.18. The average Bonchev–Trinajstić information content (AvgIpc) is 2.54. The molecule has 0 unspecified atom stereocenters.